The molecule has 150 valence electrons. The number of ether oxygens (including phenoxy) is 1. The minimum absolute atomic E-state index is 0.220. The number of nitrogens with one attached hydrogen (secondary N) is 1. The fraction of sp³-hybridized carbons (Fsp3) is 0.0909. The first-order chi connectivity index (χ1) is 14.6. The molecule has 4 aromatic rings. The predicted molar refractivity (Wildman–Crippen MR) is 109 cm³/mol. The molecule has 0 aliphatic rings. The molecule has 7 nitrogen and oxygen atoms in total. The Morgan fingerprint density at radius 3 is 2.37 bits per heavy atom. The van der Waals surface area contributed by atoms with Crippen molar-refractivity contribution < 1.29 is 13.9 Å². The Morgan fingerprint density at radius 1 is 0.967 bits per heavy atom. The second kappa shape index (κ2) is 8.52. The lowest BCUT2D eigenvalue weighted by Gasteiger charge is -2.09. The second-order valence-electron chi connectivity index (χ2n) is 6.55. The molecule has 1 heterocycles. The molecule has 1 N–H and O–H groups in total. The summed E-state index contributed by atoms with van der Waals surface area (Å²) in [6.07, 6.45) is 0. The Hall–Kier alpha value is -4.07. The first kappa shape index (κ1) is 19.3. The van der Waals surface area contributed by atoms with Gasteiger partial charge in [0.05, 0.1) is 5.39 Å². The molecule has 0 radical (unpaired) electrons. The lowest BCUT2D eigenvalue weighted by Crippen LogP contribution is -2.33. The monoisotopic (exact) mass is 404 g/mol. The summed E-state index contributed by atoms with van der Waals surface area (Å²) < 4.78 is 19.6. The third-order valence-electron chi connectivity index (χ3n) is 4.39. The van der Waals surface area contributed by atoms with Crippen molar-refractivity contribution in [3.8, 4) is 11.5 Å². The highest BCUT2D eigenvalue weighted by molar-refractivity contribution is 5.78. The van der Waals surface area contributed by atoms with Gasteiger partial charge in [-0.25, -0.2) is 9.07 Å². The van der Waals surface area contributed by atoms with Crippen molar-refractivity contribution in [3.63, 3.8) is 0 Å². The third-order valence-corrected chi connectivity index (χ3v) is 4.39. The number of halogens is 1. The van der Waals surface area contributed by atoms with Gasteiger partial charge in [0.15, 0.2) is 0 Å². The zero-order valence-electron chi connectivity index (χ0n) is 15.8. The largest absolute Gasteiger partial charge is 0.457 e. The van der Waals surface area contributed by atoms with E-state index in [-0.39, 0.29) is 30.4 Å². The van der Waals surface area contributed by atoms with Crippen LogP contribution in [0.3, 0.4) is 0 Å². The van der Waals surface area contributed by atoms with Crippen LogP contribution in [0.15, 0.2) is 77.6 Å². The Bertz CT molecular complexity index is 1240. The maximum Gasteiger partial charge on any atom is 0.278 e. The van der Waals surface area contributed by atoms with E-state index in [9.17, 15) is 14.0 Å². The van der Waals surface area contributed by atoms with Crippen LogP contribution in [0.4, 0.5) is 4.39 Å². The Morgan fingerprint density at radius 2 is 1.63 bits per heavy atom. The van der Waals surface area contributed by atoms with Crippen LogP contribution in [-0.4, -0.2) is 20.9 Å². The number of benzene rings is 3. The summed E-state index contributed by atoms with van der Waals surface area (Å²) in [5, 5.41) is 10.9. The highest BCUT2D eigenvalue weighted by atomic mass is 19.1. The van der Waals surface area contributed by atoms with Crippen molar-refractivity contribution in [1.29, 1.82) is 0 Å². The molecular weight excluding hydrogens is 387 g/mol. The number of aromatic nitrogens is 3. The lowest BCUT2D eigenvalue weighted by molar-refractivity contribution is -0.122. The van der Waals surface area contributed by atoms with Crippen LogP contribution < -0.4 is 15.6 Å². The van der Waals surface area contributed by atoms with Crippen LogP contribution in [0.25, 0.3) is 10.9 Å². The maximum atomic E-state index is 12.9. The van der Waals surface area contributed by atoms with Crippen LogP contribution >= 0.6 is 0 Å². The second-order valence-corrected chi connectivity index (χ2v) is 6.55. The normalized spacial score (nSPS) is 10.7. The van der Waals surface area contributed by atoms with Gasteiger partial charge in [0, 0.05) is 6.54 Å². The van der Waals surface area contributed by atoms with Crippen molar-refractivity contribution in [3.05, 3.63) is 94.5 Å². The third kappa shape index (κ3) is 4.49. The van der Waals surface area contributed by atoms with Gasteiger partial charge in [-0.15, -0.1) is 5.10 Å². The number of rotatable bonds is 6. The molecule has 0 aliphatic carbocycles. The van der Waals surface area contributed by atoms with E-state index in [0.29, 0.717) is 22.4 Å². The molecule has 0 saturated carbocycles. The highest BCUT2D eigenvalue weighted by Crippen LogP contribution is 2.21. The molecule has 0 aliphatic heterocycles. The van der Waals surface area contributed by atoms with Crippen molar-refractivity contribution in [2.75, 3.05) is 0 Å². The van der Waals surface area contributed by atoms with Gasteiger partial charge >= 0.3 is 0 Å². The summed E-state index contributed by atoms with van der Waals surface area (Å²) in [5.74, 6) is 0.438. The zero-order chi connectivity index (χ0) is 20.9. The van der Waals surface area contributed by atoms with E-state index in [1.807, 2.05) is 0 Å². The lowest BCUT2D eigenvalue weighted by atomic mass is 10.2. The van der Waals surface area contributed by atoms with E-state index >= 15 is 0 Å². The average molecular weight is 404 g/mol. The fourth-order valence-corrected chi connectivity index (χ4v) is 2.83. The van der Waals surface area contributed by atoms with Crippen LogP contribution in [0, 0.1) is 5.82 Å². The quantitative estimate of drug-likeness (QED) is 0.534. The van der Waals surface area contributed by atoms with Crippen molar-refractivity contribution in [2.24, 2.45) is 0 Å². The number of hydrogen-bond donors (Lipinski definition) is 1. The summed E-state index contributed by atoms with van der Waals surface area (Å²) in [6.45, 7) is 0.0633. The van der Waals surface area contributed by atoms with Gasteiger partial charge in [-0.3, -0.25) is 9.59 Å². The summed E-state index contributed by atoms with van der Waals surface area (Å²) in [5.41, 5.74) is 0.979. The SMILES string of the molecule is O=C(Cn1nnc2ccccc2c1=O)NCc1ccc(Oc2ccc(F)cc2)cc1. The summed E-state index contributed by atoms with van der Waals surface area (Å²) in [7, 11) is 0. The van der Waals surface area contributed by atoms with Gasteiger partial charge in [0.1, 0.15) is 29.4 Å². The predicted octanol–water partition coefficient (Wildman–Crippen LogP) is 3.04. The van der Waals surface area contributed by atoms with E-state index in [0.717, 1.165) is 10.2 Å². The Labute approximate surface area is 170 Å². The minimum Gasteiger partial charge on any atom is -0.457 e. The maximum absolute atomic E-state index is 12.9. The molecule has 3 aromatic carbocycles. The Balaban J connectivity index is 1.34. The molecule has 0 spiro atoms. The molecule has 0 fully saturated rings. The molecule has 0 unspecified atom stereocenters. The first-order valence-electron chi connectivity index (χ1n) is 9.20. The molecule has 0 saturated heterocycles. The van der Waals surface area contributed by atoms with Gasteiger partial charge in [-0.2, -0.15) is 0 Å². The standard InChI is InChI=1S/C22H17FN4O3/c23-16-7-11-18(12-8-16)30-17-9-5-15(6-10-17)13-24-21(28)14-27-22(29)19-3-1-2-4-20(19)25-26-27/h1-12H,13-14H2,(H,24,28). The topological polar surface area (TPSA) is 86.1 Å². The van der Waals surface area contributed by atoms with Gasteiger partial charge in [0.25, 0.3) is 5.56 Å². The number of carbonyl (C=O) groups is 1. The molecule has 0 bridgehead atoms. The number of hydrogen-bond acceptors (Lipinski definition) is 5. The fourth-order valence-electron chi connectivity index (χ4n) is 2.83. The van der Waals surface area contributed by atoms with E-state index in [4.69, 9.17) is 4.74 Å². The van der Waals surface area contributed by atoms with Crippen LogP contribution in [-0.2, 0) is 17.9 Å². The molecule has 0 atom stereocenters. The van der Waals surface area contributed by atoms with Crippen molar-refractivity contribution in [1.82, 2.24) is 20.3 Å². The van der Waals surface area contributed by atoms with Gasteiger partial charge in [0.2, 0.25) is 5.91 Å². The van der Waals surface area contributed by atoms with Crippen molar-refractivity contribution in [2.45, 2.75) is 13.1 Å². The molecule has 8 heteroatoms. The summed E-state index contributed by atoms with van der Waals surface area (Å²) >= 11 is 0. The van der Waals surface area contributed by atoms with Gasteiger partial charge in [-0.1, -0.05) is 29.5 Å². The summed E-state index contributed by atoms with van der Waals surface area (Å²) in [4.78, 5) is 24.6. The molecule has 30 heavy (non-hydrogen) atoms. The number of nitrogens with zero attached hydrogens (tertiary/aromatic N) is 3. The van der Waals surface area contributed by atoms with Crippen LogP contribution in [0.5, 0.6) is 11.5 Å². The van der Waals surface area contributed by atoms with E-state index in [1.54, 1.807) is 60.7 Å². The van der Waals surface area contributed by atoms with Gasteiger partial charge in [-0.05, 0) is 54.1 Å². The Kier molecular flexibility index (Phi) is 5.47. The average Bonchev–Trinajstić information content (AvgIpc) is 2.77. The summed E-state index contributed by atoms with van der Waals surface area (Å²) in [6, 6.07) is 19.7. The number of carbonyl (C=O) groups excluding carboxylic acids is 1. The van der Waals surface area contributed by atoms with E-state index in [1.165, 1.54) is 12.1 Å². The number of amides is 1. The zero-order valence-corrected chi connectivity index (χ0v) is 15.8. The molecular formula is C22H17FN4O3. The van der Waals surface area contributed by atoms with E-state index in [2.05, 4.69) is 15.6 Å². The van der Waals surface area contributed by atoms with Crippen LogP contribution in [0.1, 0.15) is 5.56 Å². The molecule has 1 aromatic heterocycles. The number of fused-ring (bicyclic) bond motifs is 1. The minimum atomic E-state index is -0.363. The van der Waals surface area contributed by atoms with Crippen molar-refractivity contribution >= 4 is 16.8 Å². The molecule has 1 amide bonds. The van der Waals surface area contributed by atoms with Gasteiger partial charge < -0.3 is 10.1 Å². The van der Waals surface area contributed by atoms with E-state index < -0.39 is 0 Å². The highest BCUT2D eigenvalue weighted by Gasteiger charge is 2.09. The smallest absolute Gasteiger partial charge is 0.278 e. The first-order valence-corrected chi connectivity index (χ1v) is 9.20. The van der Waals surface area contributed by atoms with Crippen LogP contribution in [0.2, 0.25) is 0 Å². The molecule has 4 rings (SSSR count).